The molecule has 0 saturated carbocycles. The van der Waals surface area contributed by atoms with Crippen LogP contribution in [0.5, 0.6) is 0 Å². The van der Waals surface area contributed by atoms with E-state index < -0.39 is 0 Å². The maximum absolute atomic E-state index is 9.36. The van der Waals surface area contributed by atoms with Gasteiger partial charge in [-0.3, -0.25) is 0 Å². The number of aromatic amines is 1. The largest absolute Gasteiger partial charge is 0.396 e. The van der Waals surface area contributed by atoms with Gasteiger partial charge in [0.25, 0.3) is 0 Å². The Morgan fingerprint density at radius 2 is 1.60 bits per heavy atom. The monoisotopic (exact) mass is 400 g/mol. The first-order valence-electron chi connectivity index (χ1n) is 11.0. The molecular weight excluding hydrogens is 372 g/mol. The number of aryl methyl sites for hydroxylation is 1. The van der Waals surface area contributed by atoms with E-state index in [9.17, 15) is 10.2 Å². The Hall–Kier alpha value is -2.69. The molecule has 0 aliphatic heterocycles. The predicted octanol–water partition coefficient (Wildman–Crippen LogP) is 5.11. The fourth-order valence-electron chi connectivity index (χ4n) is 5.10. The summed E-state index contributed by atoms with van der Waals surface area (Å²) in [4.78, 5) is 8.48. The van der Waals surface area contributed by atoms with E-state index in [1.165, 1.54) is 45.8 Å². The number of nitrogens with one attached hydrogen (secondary N) is 1. The van der Waals surface area contributed by atoms with Crippen molar-refractivity contribution in [3.05, 3.63) is 65.4 Å². The number of aliphatic hydroxyl groups excluding tert-OH is 2. The topological polar surface area (TPSA) is 69.1 Å². The molecule has 0 fully saturated rings. The summed E-state index contributed by atoms with van der Waals surface area (Å²) in [5, 5.41) is 21.3. The van der Waals surface area contributed by atoms with Crippen LogP contribution in [0.2, 0.25) is 0 Å². The molecular formula is C26H28N2O2. The van der Waals surface area contributed by atoms with Crippen LogP contribution >= 0.6 is 0 Å². The average molecular weight is 401 g/mol. The summed E-state index contributed by atoms with van der Waals surface area (Å²) in [6.45, 7) is 0.277. The number of nitrogens with zero attached hydrogens (tertiary/aromatic N) is 1. The SMILES string of the molecule is OCCC(CCO)c1ccc(-c2nc3ccc4[nH]ccc4c3c3c2CCCC3)cc1. The second kappa shape index (κ2) is 8.21. The molecule has 1 aliphatic rings. The molecule has 4 aromatic rings. The summed E-state index contributed by atoms with van der Waals surface area (Å²) in [7, 11) is 0. The van der Waals surface area contributed by atoms with Crippen LogP contribution < -0.4 is 0 Å². The molecule has 154 valence electrons. The van der Waals surface area contributed by atoms with Gasteiger partial charge in [0.1, 0.15) is 0 Å². The molecule has 4 nitrogen and oxygen atoms in total. The first-order valence-corrected chi connectivity index (χ1v) is 11.0. The number of hydrogen-bond acceptors (Lipinski definition) is 3. The van der Waals surface area contributed by atoms with Gasteiger partial charge in [-0.15, -0.1) is 0 Å². The number of aliphatic hydroxyl groups is 2. The number of benzene rings is 2. The number of hydrogen-bond donors (Lipinski definition) is 3. The van der Waals surface area contributed by atoms with Crippen molar-refractivity contribution in [3.8, 4) is 11.3 Å². The third kappa shape index (κ3) is 3.30. The summed E-state index contributed by atoms with van der Waals surface area (Å²) in [6.07, 6.45) is 8.00. The van der Waals surface area contributed by atoms with Crippen molar-refractivity contribution in [2.45, 2.75) is 44.4 Å². The van der Waals surface area contributed by atoms with Gasteiger partial charge in [-0.05, 0) is 79.3 Å². The molecule has 4 heteroatoms. The fourth-order valence-corrected chi connectivity index (χ4v) is 5.10. The van der Waals surface area contributed by atoms with E-state index in [1.807, 2.05) is 6.20 Å². The van der Waals surface area contributed by atoms with Gasteiger partial charge in [0.2, 0.25) is 0 Å². The van der Waals surface area contributed by atoms with Gasteiger partial charge in [0.15, 0.2) is 0 Å². The number of aromatic nitrogens is 2. The highest BCUT2D eigenvalue weighted by Gasteiger charge is 2.21. The lowest BCUT2D eigenvalue weighted by Gasteiger charge is -2.22. The number of H-pyrrole nitrogens is 1. The molecule has 0 saturated heterocycles. The van der Waals surface area contributed by atoms with Crippen molar-refractivity contribution in [2.75, 3.05) is 13.2 Å². The van der Waals surface area contributed by atoms with Crippen LogP contribution in [-0.4, -0.2) is 33.4 Å². The molecule has 0 radical (unpaired) electrons. The molecule has 0 amide bonds. The predicted molar refractivity (Wildman–Crippen MR) is 122 cm³/mol. The molecule has 3 N–H and O–H groups in total. The summed E-state index contributed by atoms with van der Waals surface area (Å²) in [5.74, 6) is 0.189. The van der Waals surface area contributed by atoms with Gasteiger partial charge < -0.3 is 15.2 Å². The minimum Gasteiger partial charge on any atom is -0.396 e. The molecule has 0 spiro atoms. The van der Waals surface area contributed by atoms with Crippen LogP contribution in [0.3, 0.4) is 0 Å². The van der Waals surface area contributed by atoms with Crippen molar-refractivity contribution in [2.24, 2.45) is 0 Å². The lowest BCUT2D eigenvalue weighted by atomic mass is 9.85. The third-order valence-corrected chi connectivity index (χ3v) is 6.61. The Labute approximate surface area is 176 Å². The number of rotatable bonds is 6. The number of fused-ring (bicyclic) bond motifs is 5. The van der Waals surface area contributed by atoms with Crippen LogP contribution in [0.15, 0.2) is 48.7 Å². The van der Waals surface area contributed by atoms with Crippen molar-refractivity contribution < 1.29 is 10.2 Å². The minimum atomic E-state index is 0.139. The van der Waals surface area contributed by atoms with Crippen LogP contribution in [0, 0.1) is 0 Å². The van der Waals surface area contributed by atoms with Crippen molar-refractivity contribution >= 4 is 21.8 Å². The fraction of sp³-hybridized carbons (Fsp3) is 0.346. The minimum absolute atomic E-state index is 0.139. The third-order valence-electron chi connectivity index (χ3n) is 6.61. The zero-order chi connectivity index (χ0) is 20.5. The molecule has 30 heavy (non-hydrogen) atoms. The molecule has 2 aromatic heterocycles. The first kappa shape index (κ1) is 19.3. The van der Waals surface area contributed by atoms with E-state index in [4.69, 9.17) is 4.98 Å². The Kier molecular flexibility index (Phi) is 5.28. The quantitative estimate of drug-likeness (QED) is 0.421. The molecule has 0 bridgehead atoms. The van der Waals surface area contributed by atoms with Crippen LogP contribution in [0.1, 0.15) is 48.3 Å². The van der Waals surface area contributed by atoms with Crippen molar-refractivity contribution in [1.29, 1.82) is 0 Å². The van der Waals surface area contributed by atoms with Gasteiger partial charge in [-0.25, -0.2) is 4.98 Å². The Morgan fingerprint density at radius 3 is 2.33 bits per heavy atom. The second-order valence-electron chi connectivity index (χ2n) is 8.37. The summed E-state index contributed by atoms with van der Waals surface area (Å²) < 4.78 is 0. The molecule has 0 unspecified atom stereocenters. The highest BCUT2D eigenvalue weighted by atomic mass is 16.3. The normalized spacial score (nSPS) is 14.0. The lowest BCUT2D eigenvalue weighted by Crippen LogP contribution is -2.08. The molecule has 2 aromatic carbocycles. The van der Waals surface area contributed by atoms with Crippen LogP contribution in [0.25, 0.3) is 33.1 Å². The molecule has 2 heterocycles. The van der Waals surface area contributed by atoms with Crippen molar-refractivity contribution in [1.82, 2.24) is 9.97 Å². The lowest BCUT2D eigenvalue weighted by molar-refractivity contribution is 0.242. The Balaban J connectivity index is 1.63. The Morgan fingerprint density at radius 1 is 0.867 bits per heavy atom. The summed E-state index contributed by atoms with van der Waals surface area (Å²) >= 11 is 0. The van der Waals surface area contributed by atoms with E-state index in [0.717, 1.165) is 29.6 Å². The summed E-state index contributed by atoms with van der Waals surface area (Å²) in [5.41, 5.74) is 8.55. The van der Waals surface area contributed by atoms with Gasteiger partial charge in [-0.1, -0.05) is 24.3 Å². The van der Waals surface area contributed by atoms with E-state index in [1.54, 1.807) is 0 Å². The molecule has 0 atom stereocenters. The second-order valence-corrected chi connectivity index (χ2v) is 8.37. The smallest absolute Gasteiger partial charge is 0.0744 e. The average Bonchev–Trinajstić information content (AvgIpc) is 3.27. The zero-order valence-corrected chi connectivity index (χ0v) is 17.2. The van der Waals surface area contributed by atoms with Crippen LogP contribution in [0.4, 0.5) is 0 Å². The standard InChI is InChI=1S/C26H28N2O2/c29-15-12-18(13-16-30)17-5-7-19(8-6-17)26-21-4-2-1-3-20(21)25-22-11-14-27-23(22)9-10-24(25)28-26/h5-11,14,18,27,29-30H,1-4,12-13,15-16H2. The van der Waals surface area contributed by atoms with E-state index in [2.05, 4.69) is 47.4 Å². The first-order chi connectivity index (χ1) is 14.8. The van der Waals surface area contributed by atoms with E-state index >= 15 is 0 Å². The van der Waals surface area contributed by atoms with Crippen molar-refractivity contribution in [3.63, 3.8) is 0 Å². The van der Waals surface area contributed by atoms with Crippen LogP contribution in [-0.2, 0) is 12.8 Å². The Bertz CT molecular complexity index is 1170. The molecule has 5 rings (SSSR count). The van der Waals surface area contributed by atoms with Gasteiger partial charge in [-0.2, -0.15) is 0 Å². The highest BCUT2D eigenvalue weighted by molar-refractivity contribution is 6.08. The van der Waals surface area contributed by atoms with Gasteiger partial charge in [0.05, 0.1) is 11.2 Å². The summed E-state index contributed by atoms with van der Waals surface area (Å²) in [6, 6.07) is 15.0. The highest BCUT2D eigenvalue weighted by Crippen LogP contribution is 2.38. The maximum atomic E-state index is 9.36. The maximum Gasteiger partial charge on any atom is 0.0744 e. The van der Waals surface area contributed by atoms with Gasteiger partial charge in [0, 0.05) is 41.3 Å². The molecule has 1 aliphatic carbocycles. The number of pyridine rings is 1. The van der Waals surface area contributed by atoms with E-state index in [0.29, 0.717) is 12.8 Å². The zero-order valence-electron chi connectivity index (χ0n) is 17.2. The van der Waals surface area contributed by atoms with Gasteiger partial charge >= 0.3 is 0 Å². The van der Waals surface area contributed by atoms with E-state index in [-0.39, 0.29) is 19.1 Å².